The van der Waals surface area contributed by atoms with Crippen LogP contribution in [0.25, 0.3) is 10.8 Å². The molecule has 0 fully saturated rings. The molecule has 0 atom stereocenters. The van der Waals surface area contributed by atoms with E-state index in [0.29, 0.717) is 10.8 Å². The summed E-state index contributed by atoms with van der Waals surface area (Å²) in [6, 6.07) is 5.41. The first kappa shape index (κ1) is 13.7. The van der Waals surface area contributed by atoms with Gasteiger partial charge in [0.15, 0.2) is 11.5 Å². The van der Waals surface area contributed by atoms with Crippen LogP contribution in [0, 0.1) is 0 Å². The van der Waals surface area contributed by atoms with E-state index in [-0.39, 0.29) is 16.4 Å². The number of hydrogen-bond acceptors (Lipinski definition) is 4. The molecule has 0 saturated carbocycles. The highest BCUT2D eigenvalue weighted by molar-refractivity contribution is 6.52. The highest BCUT2D eigenvalue weighted by atomic mass is 28.2. The molecule has 5 heteroatoms. The predicted molar refractivity (Wildman–Crippen MR) is 75.2 cm³/mol. The van der Waals surface area contributed by atoms with Crippen LogP contribution in [0.5, 0.6) is 17.2 Å². The van der Waals surface area contributed by atoms with Crippen molar-refractivity contribution < 1.29 is 20.1 Å². The molecular weight excluding hydrogens is 260 g/mol. The van der Waals surface area contributed by atoms with E-state index in [1.807, 2.05) is 26.8 Å². The number of benzene rings is 2. The van der Waals surface area contributed by atoms with E-state index in [1.165, 1.54) is 0 Å². The summed E-state index contributed by atoms with van der Waals surface area (Å²) in [5.41, 5.74) is 0.892. The minimum absolute atomic E-state index is 0.101. The van der Waals surface area contributed by atoms with Gasteiger partial charge in [0, 0.05) is 10.6 Å². The standard InChI is InChI=1S/C14H16O4Si/c1-14(2,3)7-4-5-8-9(6-7)10(15)11(16)12(17)13(8)19-18/h4-6,15-18H,1-3H3. The molecule has 2 aromatic carbocycles. The molecule has 0 aromatic heterocycles. The van der Waals surface area contributed by atoms with Gasteiger partial charge in [-0.1, -0.05) is 32.9 Å². The zero-order valence-electron chi connectivity index (χ0n) is 11.0. The van der Waals surface area contributed by atoms with Crippen LogP contribution in [0.2, 0.25) is 0 Å². The Balaban J connectivity index is 2.87. The van der Waals surface area contributed by atoms with Crippen LogP contribution in [-0.4, -0.2) is 29.9 Å². The van der Waals surface area contributed by atoms with Crippen LogP contribution in [-0.2, 0) is 5.41 Å². The molecule has 0 aliphatic rings. The van der Waals surface area contributed by atoms with Crippen molar-refractivity contribution in [2.24, 2.45) is 0 Å². The number of hydrogen-bond donors (Lipinski definition) is 4. The zero-order valence-corrected chi connectivity index (χ0v) is 12.0. The number of aromatic hydroxyl groups is 3. The van der Waals surface area contributed by atoms with Gasteiger partial charge in [-0.3, -0.25) is 0 Å². The predicted octanol–water partition coefficient (Wildman–Crippen LogP) is 1.49. The Bertz CT molecular complexity index is 644. The van der Waals surface area contributed by atoms with Crippen molar-refractivity contribution in [3.05, 3.63) is 23.8 Å². The van der Waals surface area contributed by atoms with E-state index in [1.54, 1.807) is 12.1 Å². The normalized spacial score (nSPS) is 12.0. The highest BCUT2D eigenvalue weighted by Crippen LogP contribution is 2.40. The lowest BCUT2D eigenvalue weighted by molar-refractivity contribution is 0.373. The summed E-state index contributed by atoms with van der Waals surface area (Å²) in [6.07, 6.45) is 0. The maximum absolute atomic E-state index is 9.96. The van der Waals surface area contributed by atoms with E-state index in [2.05, 4.69) is 0 Å². The SMILES string of the molecule is CC(C)(C)c1ccc2c([Si]O)c(O)c(O)c(O)c2c1. The Kier molecular flexibility index (Phi) is 3.20. The van der Waals surface area contributed by atoms with Crippen molar-refractivity contribution in [1.29, 1.82) is 0 Å². The van der Waals surface area contributed by atoms with E-state index >= 15 is 0 Å². The van der Waals surface area contributed by atoms with E-state index in [0.717, 1.165) is 5.56 Å². The second-order valence-electron chi connectivity index (χ2n) is 5.54. The average molecular weight is 276 g/mol. The fourth-order valence-corrected chi connectivity index (χ4v) is 2.59. The molecule has 0 bridgehead atoms. The van der Waals surface area contributed by atoms with Crippen LogP contribution in [0.4, 0.5) is 0 Å². The summed E-state index contributed by atoms with van der Waals surface area (Å²) in [5.74, 6) is -1.41. The quantitative estimate of drug-likeness (QED) is 0.470. The van der Waals surface area contributed by atoms with E-state index in [4.69, 9.17) is 0 Å². The van der Waals surface area contributed by atoms with Crippen LogP contribution in [0.3, 0.4) is 0 Å². The molecule has 0 aliphatic heterocycles. The summed E-state index contributed by atoms with van der Waals surface area (Å²) in [6.45, 7) is 6.13. The van der Waals surface area contributed by atoms with Crippen molar-refractivity contribution in [2.45, 2.75) is 26.2 Å². The third kappa shape index (κ3) is 2.15. The second kappa shape index (κ2) is 4.43. The summed E-state index contributed by atoms with van der Waals surface area (Å²) >= 11 is 0. The maximum Gasteiger partial charge on any atom is 0.270 e. The number of rotatable bonds is 1. The monoisotopic (exact) mass is 276 g/mol. The Morgan fingerprint density at radius 1 is 0.895 bits per heavy atom. The molecule has 2 radical (unpaired) electrons. The van der Waals surface area contributed by atoms with Gasteiger partial charge in [0.25, 0.3) is 9.76 Å². The van der Waals surface area contributed by atoms with Gasteiger partial charge in [0.05, 0.1) is 0 Å². The van der Waals surface area contributed by atoms with Crippen LogP contribution >= 0.6 is 0 Å². The summed E-state index contributed by atoms with van der Waals surface area (Å²) in [4.78, 5) is 9.34. The van der Waals surface area contributed by atoms with Crippen molar-refractivity contribution in [2.75, 3.05) is 0 Å². The molecule has 0 saturated heterocycles. The van der Waals surface area contributed by atoms with Gasteiger partial charge in [0.1, 0.15) is 0 Å². The summed E-state index contributed by atoms with van der Waals surface area (Å²) in [5, 5.41) is 30.6. The van der Waals surface area contributed by atoms with Crippen molar-refractivity contribution in [3.8, 4) is 17.2 Å². The molecule has 0 spiro atoms. The lowest BCUT2D eigenvalue weighted by atomic mass is 9.85. The van der Waals surface area contributed by atoms with Gasteiger partial charge in [0.2, 0.25) is 5.75 Å². The van der Waals surface area contributed by atoms with Crippen LogP contribution < -0.4 is 5.19 Å². The molecule has 0 aliphatic carbocycles. The molecule has 0 heterocycles. The van der Waals surface area contributed by atoms with Crippen LogP contribution in [0.15, 0.2) is 18.2 Å². The zero-order chi connectivity index (χ0) is 14.4. The largest absolute Gasteiger partial charge is 0.504 e. The Morgan fingerprint density at radius 2 is 1.53 bits per heavy atom. The maximum atomic E-state index is 9.96. The van der Waals surface area contributed by atoms with Crippen molar-refractivity contribution in [3.63, 3.8) is 0 Å². The highest BCUT2D eigenvalue weighted by Gasteiger charge is 2.21. The molecule has 2 aromatic rings. The molecular formula is C14H16O4Si. The lowest BCUT2D eigenvalue weighted by Crippen LogP contribution is -2.16. The number of phenols is 3. The molecule has 0 unspecified atom stereocenters. The van der Waals surface area contributed by atoms with E-state index < -0.39 is 21.3 Å². The minimum Gasteiger partial charge on any atom is -0.504 e. The lowest BCUT2D eigenvalue weighted by Gasteiger charge is -2.20. The van der Waals surface area contributed by atoms with Crippen molar-refractivity contribution in [1.82, 2.24) is 0 Å². The van der Waals surface area contributed by atoms with Gasteiger partial charge in [-0.2, -0.15) is 0 Å². The van der Waals surface area contributed by atoms with E-state index in [9.17, 15) is 20.1 Å². The topological polar surface area (TPSA) is 80.9 Å². The Hall–Kier alpha value is -1.72. The third-order valence-electron chi connectivity index (χ3n) is 3.21. The number of fused-ring (bicyclic) bond motifs is 1. The third-order valence-corrected chi connectivity index (χ3v) is 3.94. The molecule has 100 valence electrons. The smallest absolute Gasteiger partial charge is 0.270 e. The van der Waals surface area contributed by atoms with Gasteiger partial charge < -0.3 is 20.1 Å². The molecule has 4 nitrogen and oxygen atoms in total. The Morgan fingerprint density at radius 3 is 2.05 bits per heavy atom. The Labute approximate surface area is 113 Å². The first-order chi connectivity index (χ1) is 8.77. The molecule has 4 N–H and O–H groups in total. The molecule has 2 rings (SSSR count). The van der Waals surface area contributed by atoms with Gasteiger partial charge in [-0.05, 0) is 22.4 Å². The summed E-state index contributed by atoms with van der Waals surface area (Å²) < 4.78 is 0. The first-order valence-corrected chi connectivity index (χ1v) is 6.83. The fourth-order valence-electron chi connectivity index (χ4n) is 2.02. The molecule has 0 amide bonds. The van der Waals surface area contributed by atoms with Gasteiger partial charge in [-0.15, -0.1) is 0 Å². The first-order valence-electron chi connectivity index (χ1n) is 5.88. The van der Waals surface area contributed by atoms with Crippen LogP contribution in [0.1, 0.15) is 26.3 Å². The number of phenolic OH excluding ortho intramolecular Hbond substituents is 3. The fraction of sp³-hybridized carbons (Fsp3) is 0.286. The van der Waals surface area contributed by atoms with Gasteiger partial charge >= 0.3 is 0 Å². The average Bonchev–Trinajstić information content (AvgIpc) is 2.35. The minimum atomic E-state index is -0.662. The molecule has 19 heavy (non-hydrogen) atoms. The van der Waals surface area contributed by atoms with Gasteiger partial charge in [-0.25, -0.2) is 0 Å². The summed E-state index contributed by atoms with van der Waals surface area (Å²) in [7, 11) is -0.662. The van der Waals surface area contributed by atoms with Crippen molar-refractivity contribution >= 4 is 25.7 Å². The second-order valence-corrected chi connectivity index (χ2v) is 6.27.